The predicted octanol–water partition coefficient (Wildman–Crippen LogP) is 0.390. The van der Waals surface area contributed by atoms with Crippen molar-refractivity contribution in [3.8, 4) is 0 Å². The molecule has 1 saturated heterocycles. The van der Waals surface area contributed by atoms with Crippen molar-refractivity contribution in [3.63, 3.8) is 0 Å². The highest BCUT2D eigenvalue weighted by Crippen LogP contribution is 2.22. The third-order valence-electron chi connectivity index (χ3n) is 4.77. The summed E-state index contributed by atoms with van der Waals surface area (Å²) >= 11 is 0. The van der Waals surface area contributed by atoms with E-state index in [0.717, 1.165) is 25.9 Å². The number of amides is 1. The van der Waals surface area contributed by atoms with E-state index < -0.39 is 5.60 Å². The van der Waals surface area contributed by atoms with Gasteiger partial charge in [0, 0.05) is 19.6 Å². The summed E-state index contributed by atoms with van der Waals surface area (Å²) in [5.74, 6) is 0.0472. The second-order valence-corrected chi connectivity index (χ2v) is 6.53. The van der Waals surface area contributed by atoms with Crippen LogP contribution in [0.1, 0.15) is 24.0 Å². The maximum Gasteiger partial charge on any atom is 0.236 e. The SMILES string of the molecule is O=C(CN1CCc2ccccc2C1)N1CCC[C@@](O)(CO)C1. The van der Waals surface area contributed by atoms with Crippen LogP contribution >= 0.6 is 0 Å². The number of carbonyl (C=O) groups excluding carboxylic acids is 1. The van der Waals surface area contributed by atoms with Crippen LogP contribution in [0.25, 0.3) is 0 Å². The van der Waals surface area contributed by atoms with Gasteiger partial charge in [0.15, 0.2) is 0 Å². The third kappa shape index (κ3) is 3.32. The average Bonchev–Trinajstić information content (AvgIpc) is 2.55. The molecule has 22 heavy (non-hydrogen) atoms. The number of fused-ring (bicyclic) bond motifs is 1. The summed E-state index contributed by atoms with van der Waals surface area (Å²) in [5, 5.41) is 19.5. The zero-order chi connectivity index (χ0) is 15.6. The van der Waals surface area contributed by atoms with Crippen LogP contribution in [0.2, 0.25) is 0 Å². The molecule has 1 aromatic carbocycles. The maximum absolute atomic E-state index is 12.5. The lowest BCUT2D eigenvalue weighted by Gasteiger charge is -2.39. The quantitative estimate of drug-likeness (QED) is 0.848. The van der Waals surface area contributed by atoms with Gasteiger partial charge in [0.05, 0.1) is 19.7 Å². The summed E-state index contributed by atoms with van der Waals surface area (Å²) in [6.45, 7) is 2.71. The molecule has 0 spiro atoms. The number of likely N-dealkylation sites (tertiary alicyclic amines) is 1. The number of rotatable bonds is 3. The van der Waals surface area contributed by atoms with E-state index >= 15 is 0 Å². The Balaban J connectivity index is 1.59. The molecule has 1 aromatic rings. The molecular weight excluding hydrogens is 280 g/mol. The topological polar surface area (TPSA) is 64.0 Å². The van der Waals surface area contributed by atoms with Gasteiger partial charge in [-0.05, 0) is 30.4 Å². The Morgan fingerprint density at radius 3 is 2.77 bits per heavy atom. The van der Waals surface area contributed by atoms with Gasteiger partial charge in [-0.15, -0.1) is 0 Å². The Morgan fingerprint density at radius 2 is 2.00 bits per heavy atom. The zero-order valence-corrected chi connectivity index (χ0v) is 12.9. The van der Waals surface area contributed by atoms with Crippen molar-refractivity contribution in [2.24, 2.45) is 0 Å². The lowest BCUT2D eigenvalue weighted by atomic mass is 9.93. The summed E-state index contributed by atoms with van der Waals surface area (Å²) in [5.41, 5.74) is 1.55. The summed E-state index contributed by atoms with van der Waals surface area (Å²) < 4.78 is 0. The van der Waals surface area contributed by atoms with Gasteiger partial charge < -0.3 is 15.1 Å². The predicted molar refractivity (Wildman–Crippen MR) is 83.3 cm³/mol. The summed E-state index contributed by atoms with van der Waals surface area (Å²) in [6.07, 6.45) is 2.28. The Bertz CT molecular complexity index is 548. The van der Waals surface area contributed by atoms with Crippen LogP contribution in [-0.2, 0) is 17.8 Å². The van der Waals surface area contributed by atoms with Crippen molar-refractivity contribution in [2.75, 3.05) is 32.8 Å². The highest BCUT2D eigenvalue weighted by Gasteiger charge is 2.35. The second kappa shape index (κ2) is 6.36. The molecule has 2 aliphatic heterocycles. The van der Waals surface area contributed by atoms with Crippen LogP contribution < -0.4 is 0 Å². The smallest absolute Gasteiger partial charge is 0.236 e. The maximum atomic E-state index is 12.5. The molecule has 0 saturated carbocycles. The van der Waals surface area contributed by atoms with E-state index in [1.165, 1.54) is 11.1 Å². The summed E-state index contributed by atoms with van der Waals surface area (Å²) in [4.78, 5) is 16.3. The Morgan fingerprint density at radius 1 is 1.23 bits per heavy atom. The first-order valence-electron chi connectivity index (χ1n) is 8.00. The van der Waals surface area contributed by atoms with Gasteiger partial charge in [0.2, 0.25) is 5.91 Å². The first-order chi connectivity index (χ1) is 10.6. The van der Waals surface area contributed by atoms with E-state index in [1.807, 2.05) is 6.07 Å². The van der Waals surface area contributed by atoms with E-state index in [2.05, 4.69) is 23.1 Å². The molecule has 0 radical (unpaired) electrons. The molecule has 3 rings (SSSR count). The molecular formula is C17H24N2O3. The lowest BCUT2D eigenvalue weighted by Crippen LogP contribution is -2.54. The third-order valence-corrected chi connectivity index (χ3v) is 4.77. The largest absolute Gasteiger partial charge is 0.393 e. The number of β-amino-alcohol motifs (C(OH)–C–C–N with tert-alkyl or cyclic N) is 1. The van der Waals surface area contributed by atoms with E-state index in [-0.39, 0.29) is 19.1 Å². The average molecular weight is 304 g/mol. The number of carbonyl (C=O) groups is 1. The lowest BCUT2D eigenvalue weighted by molar-refractivity contribution is -0.142. The number of hydrogen-bond acceptors (Lipinski definition) is 4. The molecule has 1 amide bonds. The minimum atomic E-state index is -1.12. The van der Waals surface area contributed by atoms with Crippen molar-refractivity contribution < 1.29 is 15.0 Å². The minimum Gasteiger partial charge on any atom is -0.393 e. The van der Waals surface area contributed by atoms with Gasteiger partial charge in [-0.3, -0.25) is 9.69 Å². The molecule has 5 heteroatoms. The first-order valence-corrected chi connectivity index (χ1v) is 8.00. The van der Waals surface area contributed by atoms with Gasteiger partial charge in [-0.1, -0.05) is 24.3 Å². The van der Waals surface area contributed by atoms with Crippen LogP contribution in [0.15, 0.2) is 24.3 Å². The van der Waals surface area contributed by atoms with Crippen LogP contribution in [-0.4, -0.2) is 64.3 Å². The first kappa shape index (κ1) is 15.5. The van der Waals surface area contributed by atoms with E-state index in [0.29, 0.717) is 19.5 Å². The van der Waals surface area contributed by atoms with Crippen LogP contribution in [0.3, 0.4) is 0 Å². The molecule has 2 N–H and O–H groups in total. The fraction of sp³-hybridized carbons (Fsp3) is 0.588. The number of piperidine rings is 1. The van der Waals surface area contributed by atoms with Gasteiger partial charge in [-0.2, -0.15) is 0 Å². The molecule has 0 unspecified atom stereocenters. The highest BCUT2D eigenvalue weighted by atomic mass is 16.3. The van der Waals surface area contributed by atoms with Crippen molar-refractivity contribution in [2.45, 2.75) is 31.4 Å². The molecule has 2 heterocycles. The van der Waals surface area contributed by atoms with Crippen molar-refractivity contribution >= 4 is 5.91 Å². The number of benzene rings is 1. The van der Waals surface area contributed by atoms with Crippen molar-refractivity contribution in [1.82, 2.24) is 9.80 Å². The van der Waals surface area contributed by atoms with Crippen LogP contribution in [0.5, 0.6) is 0 Å². The summed E-state index contributed by atoms with van der Waals surface area (Å²) in [7, 11) is 0. The molecule has 1 fully saturated rings. The molecule has 1 atom stereocenters. The fourth-order valence-corrected chi connectivity index (χ4v) is 3.43. The van der Waals surface area contributed by atoms with Crippen LogP contribution in [0, 0.1) is 0 Å². The molecule has 120 valence electrons. The normalized spacial score (nSPS) is 25.8. The monoisotopic (exact) mass is 304 g/mol. The van der Waals surface area contributed by atoms with Crippen molar-refractivity contribution in [3.05, 3.63) is 35.4 Å². The minimum absolute atomic E-state index is 0.0472. The molecule has 2 aliphatic rings. The molecule has 5 nitrogen and oxygen atoms in total. The highest BCUT2D eigenvalue weighted by molar-refractivity contribution is 5.78. The molecule has 0 bridgehead atoms. The Hall–Kier alpha value is -1.43. The van der Waals surface area contributed by atoms with Gasteiger partial charge >= 0.3 is 0 Å². The van der Waals surface area contributed by atoms with Crippen LogP contribution in [0.4, 0.5) is 0 Å². The van der Waals surface area contributed by atoms with E-state index in [1.54, 1.807) is 4.90 Å². The van der Waals surface area contributed by atoms with Gasteiger partial charge in [0.25, 0.3) is 0 Å². The number of hydrogen-bond donors (Lipinski definition) is 2. The molecule has 0 aromatic heterocycles. The molecule has 0 aliphatic carbocycles. The van der Waals surface area contributed by atoms with Gasteiger partial charge in [0.1, 0.15) is 5.60 Å². The Labute approximate surface area is 131 Å². The number of nitrogens with zero attached hydrogens (tertiary/aromatic N) is 2. The number of aliphatic hydroxyl groups is 2. The fourth-order valence-electron chi connectivity index (χ4n) is 3.43. The Kier molecular flexibility index (Phi) is 4.47. The van der Waals surface area contributed by atoms with E-state index in [9.17, 15) is 15.0 Å². The zero-order valence-electron chi connectivity index (χ0n) is 12.9. The standard InChI is InChI=1S/C17H24N2O3/c20-13-17(22)7-3-8-19(12-17)16(21)11-18-9-6-14-4-1-2-5-15(14)10-18/h1-2,4-5,20,22H,3,6-13H2/t17-/m0/s1. The second-order valence-electron chi connectivity index (χ2n) is 6.53. The van der Waals surface area contributed by atoms with E-state index in [4.69, 9.17) is 0 Å². The summed E-state index contributed by atoms with van der Waals surface area (Å²) in [6, 6.07) is 8.37. The van der Waals surface area contributed by atoms with Crippen molar-refractivity contribution in [1.29, 1.82) is 0 Å². The van der Waals surface area contributed by atoms with Gasteiger partial charge in [-0.25, -0.2) is 0 Å². The number of aliphatic hydroxyl groups excluding tert-OH is 1.